The van der Waals surface area contributed by atoms with Crippen molar-refractivity contribution in [1.29, 1.82) is 0 Å². The molecule has 2 fully saturated rings. The molecule has 0 aliphatic carbocycles. The summed E-state index contributed by atoms with van der Waals surface area (Å²) in [6, 6.07) is 5.16. The van der Waals surface area contributed by atoms with E-state index in [1.165, 1.54) is 0 Å². The van der Waals surface area contributed by atoms with Crippen molar-refractivity contribution in [3.63, 3.8) is 0 Å². The minimum atomic E-state index is -3.70. The Morgan fingerprint density at radius 3 is 2.41 bits per heavy atom. The normalized spacial score (nSPS) is 23.2. The maximum atomic E-state index is 13.9. The van der Waals surface area contributed by atoms with Gasteiger partial charge in [0.25, 0.3) is 0 Å². The van der Waals surface area contributed by atoms with Gasteiger partial charge in [0, 0.05) is 45.0 Å². The van der Waals surface area contributed by atoms with Crippen molar-refractivity contribution >= 4 is 21.6 Å². The van der Waals surface area contributed by atoms with Gasteiger partial charge in [0.15, 0.2) is 0 Å². The summed E-state index contributed by atoms with van der Waals surface area (Å²) < 4.78 is 35.0. The SMILES string of the molecule is CN1CCC(N(CCN2CCOCC2)S(=O)(=O)c2ccc3c(c2)C(C)(C)C(=O)N3C)CC1. The Balaban J connectivity index is 1.63. The number of likely N-dealkylation sites (tertiary alicyclic amines) is 1. The van der Waals surface area contributed by atoms with Gasteiger partial charge < -0.3 is 14.5 Å². The molecule has 1 amide bonds. The van der Waals surface area contributed by atoms with E-state index in [1.54, 1.807) is 34.5 Å². The van der Waals surface area contributed by atoms with E-state index in [9.17, 15) is 13.2 Å². The Labute approximate surface area is 192 Å². The lowest BCUT2D eigenvalue weighted by Crippen LogP contribution is -2.50. The lowest BCUT2D eigenvalue weighted by Gasteiger charge is -2.38. The molecule has 32 heavy (non-hydrogen) atoms. The fourth-order valence-corrected chi connectivity index (χ4v) is 6.80. The number of hydrogen-bond donors (Lipinski definition) is 0. The summed E-state index contributed by atoms with van der Waals surface area (Å²) in [4.78, 5) is 19.1. The summed E-state index contributed by atoms with van der Waals surface area (Å²) >= 11 is 0. The fraction of sp³-hybridized carbons (Fsp3) is 0.696. The Bertz CT molecular complexity index is 951. The van der Waals surface area contributed by atoms with Gasteiger partial charge in [-0.1, -0.05) is 0 Å². The zero-order valence-corrected chi connectivity index (χ0v) is 20.5. The molecular weight excluding hydrogens is 428 g/mol. The Kier molecular flexibility index (Phi) is 6.66. The van der Waals surface area contributed by atoms with Crippen LogP contribution < -0.4 is 4.90 Å². The van der Waals surface area contributed by atoms with Gasteiger partial charge in [-0.15, -0.1) is 0 Å². The molecule has 0 atom stereocenters. The second-order valence-electron chi connectivity index (χ2n) is 9.77. The van der Waals surface area contributed by atoms with E-state index in [0.29, 0.717) is 26.3 Å². The quantitative estimate of drug-likeness (QED) is 0.633. The van der Waals surface area contributed by atoms with Crippen LogP contribution in [0, 0.1) is 0 Å². The van der Waals surface area contributed by atoms with E-state index in [-0.39, 0.29) is 16.8 Å². The number of amides is 1. The highest BCUT2D eigenvalue weighted by atomic mass is 32.2. The van der Waals surface area contributed by atoms with Crippen molar-refractivity contribution in [2.45, 2.75) is 43.0 Å². The van der Waals surface area contributed by atoms with Crippen LogP contribution in [-0.4, -0.2) is 101 Å². The van der Waals surface area contributed by atoms with Gasteiger partial charge >= 0.3 is 0 Å². The summed E-state index contributed by atoms with van der Waals surface area (Å²) in [6.07, 6.45) is 1.66. The fourth-order valence-electron chi connectivity index (χ4n) is 5.09. The van der Waals surface area contributed by atoms with Crippen LogP contribution in [0.3, 0.4) is 0 Å². The molecule has 1 aromatic rings. The molecule has 3 heterocycles. The first-order valence-corrected chi connectivity index (χ1v) is 13.0. The van der Waals surface area contributed by atoms with Crippen molar-refractivity contribution in [3.8, 4) is 0 Å². The summed E-state index contributed by atoms with van der Waals surface area (Å²) in [5.74, 6) is -0.0125. The predicted octanol–water partition coefficient (Wildman–Crippen LogP) is 1.36. The third kappa shape index (κ3) is 4.33. The number of sulfonamides is 1. The number of piperidine rings is 1. The highest BCUT2D eigenvalue weighted by Gasteiger charge is 2.43. The lowest BCUT2D eigenvalue weighted by molar-refractivity contribution is -0.121. The van der Waals surface area contributed by atoms with Crippen molar-refractivity contribution in [3.05, 3.63) is 23.8 Å². The number of hydrogen-bond acceptors (Lipinski definition) is 6. The number of morpholine rings is 1. The molecule has 4 rings (SSSR count). The zero-order valence-electron chi connectivity index (χ0n) is 19.7. The van der Waals surface area contributed by atoms with Crippen LogP contribution in [0.25, 0.3) is 0 Å². The molecule has 2 saturated heterocycles. The van der Waals surface area contributed by atoms with Crippen LogP contribution in [0.5, 0.6) is 0 Å². The smallest absolute Gasteiger partial charge is 0.243 e. The number of ether oxygens (including phenoxy) is 1. The Hall–Kier alpha value is -1.52. The monoisotopic (exact) mass is 464 g/mol. The van der Waals surface area contributed by atoms with Crippen molar-refractivity contribution < 1.29 is 17.9 Å². The van der Waals surface area contributed by atoms with Crippen molar-refractivity contribution in [1.82, 2.24) is 14.1 Å². The minimum Gasteiger partial charge on any atom is -0.379 e. The molecule has 0 radical (unpaired) electrons. The molecule has 0 unspecified atom stereocenters. The predicted molar refractivity (Wildman–Crippen MR) is 125 cm³/mol. The Morgan fingerprint density at radius 2 is 1.75 bits per heavy atom. The number of benzene rings is 1. The molecule has 178 valence electrons. The van der Waals surface area contributed by atoms with Crippen molar-refractivity contribution in [2.75, 3.05) is 71.5 Å². The minimum absolute atomic E-state index is 0.0113. The number of likely N-dealkylation sites (N-methyl/N-ethyl adjacent to an activating group) is 1. The summed E-state index contributed by atoms with van der Waals surface area (Å²) in [5.41, 5.74) is 0.836. The first kappa shape index (κ1) is 23.6. The van der Waals surface area contributed by atoms with Gasteiger partial charge in [-0.2, -0.15) is 4.31 Å². The molecule has 3 aliphatic heterocycles. The van der Waals surface area contributed by atoms with Crippen LogP contribution in [0.2, 0.25) is 0 Å². The molecule has 0 N–H and O–H groups in total. The van der Waals surface area contributed by atoms with E-state index >= 15 is 0 Å². The molecule has 1 aromatic carbocycles. The molecular formula is C23H36N4O4S. The summed E-state index contributed by atoms with van der Waals surface area (Å²) in [7, 11) is 0.131. The van der Waals surface area contributed by atoms with Gasteiger partial charge in [0.05, 0.1) is 23.5 Å². The number of nitrogens with zero attached hydrogens (tertiary/aromatic N) is 4. The Morgan fingerprint density at radius 1 is 1.09 bits per heavy atom. The maximum absolute atomic E-state index is 13.9. The number of rotatable bonds is 6. The second-order valence-corrected chi connectivity index (χ2v) is 11.7. The summed E-state index contributed by atoms with van der Waals surface area (Å²) in [5, 5.41) is 0. The van der Waals surface area contributed by atoms with Crippen LogP contribution >= 0.6 is 0 Å². The third-order valence-corrected chi connectivity index (χ3v) is 9.23. The van der Waals surface area contributed by atoms with E-state index in [4.69, 9.17) is 4.74 Å². The van der Waals surface area contributed by atoms with Crippen LogP contribution in [-0.2, 0) is 25.0 Å². The van der Waals surface area contributed by atoms with E-state index in [1.807, 2.05) is 13.8 Å². The largest absolute Gasteiger partial charge is 0.379 e. The lowest BCUT2D eigenvalue weighted by atomic mass is 9.86. The average Bonchev–Trinajstić information content (AvgIpc) is 2.95. The third-order valence-electron chi connectivity index (χ3n) is 7.28. The highest BCUT2D eigenvalue weighted by molar-refractivity contribution is 7.89. The molecule has 3 aliphatic rings. The van der Waals surface area contributed by atoms with Gasteiger partial charge in [-0.3, -0.25) is 9.69 Å². The number of fused-ring (bicyclic) bond motifs is 1. The number of anilines is 1. The van der Waals surface area contributed by atoms with Gasteiger partial charge in [-0.05, 0) is 70.6 Å². The zero-order chi connectivity index (χ0) is 23.1. The molecule has 9 heteroatoms. The molecule has 0 aromatic heterocycles. The summed E-state index contributed by atoms with van der Waals surface area (Å²) in [6.45, 7) is 9.75. The maximum Gasteiger partial charge on any atom is 0.243 e. The van der Waals surface area contributed by atoms with Gasteiger partial charge in [0.2, 0.25) is 15.9 Å². The number of carbonyl (C=O) groups is 1. The van der Waals surface area contributed by atoms with Crippen molar-refractivity contribution in [2.24, 2.45) is 0 Å². The molecule has 0 spiro atoms. The van der Waals surface area contributed by atoms with Crippen LogP contribution in [0.4, 0.5) is 5.69 Å². The molecule has 0 bridgehead atoms. The first-order chi connectivity index (χ1) is 15.1. The number of carbonyl (C=O) groups excluding carboxylic acids is 1. The first-order valence-electron chi connectivity index (χ1n) is 11.6. The van der Waals surface area contributed by atoms with Gasteiger partial charge in [0.1, 0.15) is 0 Å². The second kappa shape index (κ2) is 9.02. The standard InChI is InChI=1S/C23H36N4O4S/c1-23(2)20-17-19(5-6-21(20)25(4)22(23)28)32(29,30)27(18-7-9-24(3)10-8-18)12-11-26-13-15-31-16-14-26/h5-6,17-18H,7-16H2,1-4H3. The van der Waals surface area contributed by atoms with E-state index < -0.39 is 15.4 Å². The molecule has 8 nitrogen and oxygen atoms in total. The topological polar surface area (TPSA) is 73.4 Å². The van der Waals surface area contributed by atoms with Crippen LogP contribution in [0.1, 0.15) is 32.3 Å². The van der Waals surface area contributed by atoms with Crippen LogP contribution in [0.15, 0.2) is 23.1 Å². The van der Waals surface area contributed by atoms with E-state index in [0.717, 1.165) is 50.3 Å². The molecule has 0 saturated carbocycles. The van der Waals surface area contributed by atoms with Gasteiger partial charge in [-0.25, -0.2) is 8.42 Å². The average molecular weight is 465 g/mol. The highest BCUT2D eigenvalue weighted by Crippen LogP contribution is 2.42. The van der Waals surface area contributed by atoms with E-state index in [2.05, 4.69) is 16.8 Å².